The number of aromatic hydroxyl groups is 1. The number of aliphatic hydroxyl groups is 2. The van der Waals surface area contributed by atoms with Crippen molar-refractivity contribution in [1.82, 2.24) is 16.0 Å². The van der Waals surface area contributed by atoms with Gasteiger partial charge in [0.25, 0.3) is 5.91 Å². The second kappa shape index (κ2) is 14.5. The Labute approximate surface area is 220 Å². The van der Waals surface area contributed by atoms with Gasteiger partial charge in [-0.05, 0) is 55.3 Å². The molecule has 12 nitrogen and oxygen atoms in total. The van der Waals surface area contributed by atoms with Crippen molar-refractivity contribution in [2.24, 2.45) is 0 Å². The summed E-state index contributed by atoms with van der Waals surface area (Å²) in [5.74, 6) is -2.20. The third-order valence-corrected chi connectivity index (χ3v) is 5.63. The minimum atomic E-state index is -1.35. The fourth-order valence-electron chi connectivity index (χ4n) is 3.47. The van der Waals surface area contributed by atoms with Gasteiger partial charge in [-0.15, -0.1) is 0 Å². The molecule has 38 heavy (non-hydrogen) atoms. The Morgan fingerprint density at radius 2 is 1.55 bits per heavy atom. The lowest BCUT2D eigenvalue weighted by molar-refractivity contribution is -0.143. The number of phenols is 1. The summed E-state index contributed by atoms with van der Waals surface area (Å²) in [7, 11) is 2.65. The highest BCUT2D eigenvalue weighted by Crippen LogP contribution is 2.14. The number of carbonyl (C=O) groups is 4. The van der Waals surface area contributed by atoms with Crippen molar-refractivity contribution in [3.63, 3.8) is 0 Å². The maximum absolute atomic E-state index is 12.7. The molecule has 0 unspecified atom stereocenters. The zero-order chi connectivity index (χ0) is 28.2. The lowest BCUT2D eigenvalue weighted by Gasteiger charge is -2.25. The van der Waals surface area contributed by atoms with E-state index in [1.165, 1.54) is 45.4 Å². The van der Waals surface area contributed by atoms with Gasteiger partial charge in [0.15, 0.2) is 0 Å². The van der Waals surface area contributed by atoms with E-state index in [2.05, 4.69) is 20.7 Å². The predicted octanol–water partition coefficient (Wildman–Crippen LogP) is -0.352. The van der Waals surface area contributed by atoms with Crippen molar-refractivity contribution >= 4 is 23.7 Å². The quantitative estimate of drug-likeness (QED) is 0.188. The summed E-state index contributed by atoms with van der Waals surface area (Å²) >= 11 is 0. The fourth-order valence-corrected chi connectivity index (χ4v) is 3.47. The van der Waals surface area contributed by atoms with Gasteiger partial charge in [0.2, 0.25) is 11.8 Å². The zero-order valence-electron chi connectivity index (χ0n) is 21.3. The molecule has 0 radical (unpaired) electrons. The number of esters is 1. The van der Waals surface area contributed by atoms with Crippen LogP contribution in [0.3, 0.4) is 0 Å². The number of ether oxygens (including phenoxy) is 2. The average Bonchev–Trinajstić information content (AvgIpc) is 2.90. The number of phenolic OH excluding ortho intramolecular Hbond substituents is 1. The molecule has 0 spiro atoms. The zero-order valence-corrected chi connectivity index (χ0v) is 21.3. The molecule has 12 heteroatoms. The molecule has 0 aliphatic heterocycles. The van der Waals surface area contributed by atoms with Gasteiger partial charge in [-0.1, -0.05) is 12.1 Å². The molecule has 2 aromatic carbocycles. The molecule has 0 aromatic heterocycles. The monoisotopic (exact) mass is 531 g/mol. The van der Waals surface area contributed by atoms with Gasteiger partial charge in [0, 0.05) is 5.56 Å². The minimum Gasteiger partial charge on any atom is -0.508 e. The number of hydrogen-bond acceptors (Lipinski definition) is 9. The molecule has 3 amide bonds. The Hall–Kier alpha value is -4.16. The number of amides is 3. The number of aliphatic hydroxyl groups excluding tert-OH is 2. The lowest BCUT2D eigenvalue weighted by Crippen LogP contribution is -2.55. The van der Waals surface area contributed by atoms with Crippen LogP contribution in [0.1, 0.15) is 29.3 Å². The molecular weight excluding hydrogens is 498 g/mol. The molecule has 0 bridgehead atoms. The van der Waals surface area contributed by atoms with Crippen LogP contribution in [0, 0.1) is 0 Å². The summed E-state index contributed by atoms with van der Waals surface area (Å²) in [4.78, 5) is 49.4. The summed E-state index contributed by atoms with van der Waals surface area (Å²) in [6, 6.07) is 9.92. The predicted molar refractivity (Wildman–Crippen MR) is 135 cm³/mol. The minimum absolute atomic E-state index is 0.0407. The van der Waals surface area contributed by atoms with Gasteiger partial charge < -0.3 is 40.7 Å². The number of rotatable bonds is 13. The van der Waals surface area contributed by atoms with E-state index in [9.17, 15) is 34.5 Å². The van der Waals surface area contributed by atoms with Crippen LogP contribution in [0.2, 0.25) is 0 Å². The van der Waals surface area contributed by atoms with Gasteiger partial charge in [0.1, 0.15) is 17.5 Å². The number of nitrogens with one attached hydrogen (secondary N) is 3. The van der Waals surface area contributed by atoms with Crippen molar-refractivity contribution in [1.29, 1.82) is 0 Å². The van der Waals surface area contributed by atoms with Crippen LogP contribution in [0.4, 0.5) is 0 Å². The van der Waals surface area contributed by atoms with Crippen LogP contribution in [0.25, 0.3) is 0 Å². The molecule has 4 atom stereocenters. The first-order valence-corrected chi connectivity index (χ1v) is 11.8. The normalized spacial score (nSPS) is 13.8. The first-order valence-electron chi connectivity index (χ1n) is 11.8. The summed E-state index contributed by atoms with van der Waals surface area (Å²) < 4.78 is 9.62. The van der Waals surface area contributed by atoms with Gasteiger partial charge in [-0.3, -0.25) is 19.2 Å². The van der Waals surface area contributed by atoms with Crippen LogP contribution in [0.15, 0.2) is 48.5 Å². The molecule has 0 saturated heterocycles. The van der Waals surface area contributed by atoms with E-state index in [0.717, 1.165) is 0 Å². The highest BCUT2D eigenvalue weighted by molar-refractivity contribution is 5.98. The molecule has 6 N–H and O–H groups in total. The summed E-state index contributed by atoms with van der Waals surface area (Å²) in [5.41, 5.74) is 0.898. The summed E-state index contributed by atoms with van der Waals surface area (Å²) in [5, 5.41) is 37.4. The molecule has 206 valence electrons. The van der Waals surface area contributed by atoms with Crippen molar-refractivity contribution in [3.05, 3.63) is 59.7 Å². The lowest BCUT2D eigenvalue weighted by atomic mass is 9.99. The number of hydrogen-bond donors (Lipinski definition) is 6. The molecule has 0 saturated carbocycles. The molecule has 0 aliphatic rings. The van der Waals surface area contributed by atoms with Crippen LogP contribution in [-0.4, -0.2) is 84.1 Å². The second-order valence-corrected chi connectivity index (χ2v) is 8.53. The first kappa shape index (κ1) is 30.1. The molecule has 2 aromatic rings. The fraction of sp³-hybridized carbons (Fsp3) is 0.385. The van der Waals surface area contributed by atoms with Crippen LogP contribution in [-0.2, 0) is 25.5 Å². The van der Waals surface area contributed by atoms with Crippen LogP contribution in [0.5, 0.6) is 11.5 Å². The van der Waals surface area contributed by atoms with E-state index in [1.807, 2.05) is 0 Å². The van der Waals surface area contributed by atoms with Crippen LogP contribution < -0.4 is 20.7 Å². The first-order chi connectivity index (χ1) is 18.0. The number of benzene rings is 2. The summed E-state index contributed by atoms with van der Waals surface area (Å²) in [6.45, 7) is 0.785. The van der Waals surface area contributed by atoms with E-state index in [1.54, 1.807) is 24.3 Å². The number of carbonyl (C=O) groups excluding carboxylic acids is 4. The maximum Gasteiger partial charge on any atom is 0.308 e. The van der Waals surface area contributed by atoms with Crippen molar-refractivity contribution in [3.8, 4) is 11.5 Å². The van der Waals surface area contributed by atoms with Gasteiger partial charge in [-0.2, -0.15) is 0 Å². The summed E-state index contributed by atoms with van der Waals surface area (Å²) in [6.07, 6.45) is -2.84. The molecule has 2 rings (SSSR count). The highest BCUT2D eigenvalue weighted by Gasteiger charge is 2.28. The SMILES string of the molecule is COC(=O)C[C@@H](O)[C@H](Cc1ccc(O)cc1)NC(=O)CNC(=O)[C@@H](NC(=O)c1ccc(OC)cc1)[C@@H](C)O. The molecular formula is C26H33N3O9. The van der Waals surface area contributed by atoms with Crippen molar-refractivity contribution < 1.29 is 44.0 Å². The van der Waals surface area contributed by atoms with Gasteiger partial charge in [0.05, 0.1) is 45.4 Å². The standard InChI is InChI=1S/C26H33N3O9/c1-15(30)24(29-25(35)17-6-10-19(37-2)11-7-17)26(36)27-14-22(33)28-20(21(32)13-23(34)38-3)12-16-4-8-18(31)9-5-16/h4-11,15,20-21,24,30-32H,12-14H2,1-3H3,(H,27,36)(H,28,33)(H,29,35)/t15-,20+,21-,24+/m1/s1. The Morgan fingerprint density at radius 3 is 2.11 bits per heavy atom. The Kier molecular flexibility index (Phi) is 11.5. The van der Waals surface area contributed by atoms with E-state index >= 15 is 0 Å². The average molecular weight is 532 g/mol. The number of methoxy groups -OCH3 is 2. The topological polar surface area (TPSA) is 184 Å². The van der Waals surface area contributed by atoms with Crippen molar-refractivity contribution in [2.45, 2.75) is 44.1 Å². The Morgan fingerprint density at radius 1 is 0.921 bits per heavy atom. The van der Waals surface area contributed by atoms with Crippen LogP contribution >= 0.6 is 0 Å². The largest absolute Gasteiger partial charge is 0.508 e. The second-order valence-electron chi connectivity index (χ2n) is 8.53. The maximum atomic E-state index is 12.7. The third-order valence-electron chi connectivity index (χ3n) is 5.63. The van der Waals surface area contributed by atoms with Gasteiger partial charge in [-0.25, -0.2) is 0 Å². The van der Waals surface area contributed by atoms with E-state index < -0.39 is 54.5 Å². The van der Waals surface area contributed by atoms with Crippen molar-refractivity contribution in [2.75, 3.05) is 20.8 Å². The van der Waals surface area contributed by atoms with E-state index in [0.29, 0.717) is 11.3 Å². The smallest absolute Gasteiger partial charge is 0.308 e. The van der Waals surface area contributed by atoms with Gasteiger partial charge >= 0.3 is 5.97 Å². The highest BCUT2D eigenvalue weighted by atomic mass is 16.5. The Bertz CT molecular complexity index is 1090. The third kappa shape index (κ3) is 9.37. The Balaban J connectivity index is 2.01. The molecule has 0 heterocycles. The van der Waals surface area contributed by atoms with E-state index in [4.69, 9.17) is 4.74 Å². The molecule has 0 fully saturated rings. The molecule has 0 aliphatic carbocycles. The van der Waals surface area contributed by atoms with E-state index in [-0.39, 0.29) is 24.2 Å².